The quantitative estimate of drug-likeness (QED) is 0.738. The van der Waals surface area contributed by atoms with Gasteiger partial charge in [-0.3, -0.25) is 0 Å². The number of aryl methyl sites for hydroxylation is 1. The summed E-state index contributed by atoms with van der Waals surface area (Å²) in [5.74, 6) is 1.96. The van der Waals surface area contributed by atoms with Crippen molar-refractivity contribution in [1.29, 1.82) is 0 Å². The van der Waals surface area contributed by atoms with Crippen LogP contribution in [0.15, 0.2) is 12.4 Å². The van der Waals surface area contributed by atoms with Crippen LogP contribution < -0.4 is 0 Å². The number of aromatic nitrogens is 2. The molecular formula is C10H15N3S2. The van der Waals surface area contributed by atoms with Gasteiger partial charge in [-0.25, -0.2) is 4.98 Å². The van der Waals surface area contributed by atoms with Gasteiger partial charge in [-0.15, -0.1) is 0 Å². The van der Waals surface area contributed by atoms with Crippen molar-refractivity contribution in [2.75, 3.05) is 13.1 Å². The molecule has 0 saturated carbocycles. The molecule has 0 radical (unpaired) electrons. The monoisotopic (exact) mass is 241 g/mol. The minimum atomic E-state index is 0.874. The van der Waals surface area contributed by atoms with Crippen molar-refractivity contribution in [3.63, 3.8) is 0 Å². The van der Waals surface area contributed by atoms with Gasteiger partial charge >= 0.3 is 0 Å². The lowest BCUT2D eigenvalue weighted by molar-refractivity contribution is 0.539. The predicted octanol–water partition coefficient (Wildman–Crippen LogP) is 2.03. The number of thiocarbonyl (C=S) groups is 1. The molecule has 0 atom stereocenters. The van der Waals surface area contributed by atoms with E-state index in [4.69, 9.17) is 12.2 Å². The van der Waals surface area contributed by atoms with Crippen molar-refractivity contribution in [3.05, 3.63) is 18.2 Å². The van der Waals surface area contributed by atoms with Crippen LogP contribution in [0.1, 0.15) is 18.7 Å². The van der Waals surface area contributed by atoms with E-state index in [1.54, 1.807) is 11.8 Å². The molecule has 15 heavy (non-hydrogen) atoms. The Kier molecular flexibility index (Phi) is 3.64. The number of thioether (sulfide) groups is 1. The molecule has 1 aromatic heterocycles. The van der Waals surface area contributed by atoms with Gasteiger partial charge in [-0.05, 0) is 12.8 Å². The topological polar surface area (TPSA) is 21.1 Å². The van der Waals surface area contributed by atoms with Gasteiger partial charge in [0.1, 0.15) is 10.1 Å². The third-order valence-electron chi connectivity index (χ3n) is 2.61. The van der Waals surface area contributed by atoms with Crippen molar-refractivity contribution in [1.82, 2.24) is 14.5 Å². The summed E-state index contributed by atoms with van der Waals surface area (Å²) in [4.78, 5) is 6.57. The van der Waals surface area contributed by atoms with Crippen LogP contribution >= 0.6 is 24.0 Å². The molecule has 0 spiro atoms. The molecule has 0 aliphatic carbocycles. The third-order valence-corrected chi connectivity index (χ3v) is 4.13. The number of hydrogen-bond donors (Lipinski definition) is 0. The van der Waals surface area contributed by atoms with E-state index in [9.17, 15) is 0 Å². The van der Waals surface area contributed by atoms with E-state index in [1.807, 2.05) is 24.0 Å². The fourth-order valence-corrected chi connectivity index (χ4v) is 2.91. The number of rotatable bonds is 2. The fraction of sp³-hybridized carbons (Fsp3) is 0.600. The van der Waals surface area contributed by atoms with Crippen LogP contribution in [0.3, 0.4) is 0 Å². The SMILES string of the molecule is Cn1ccnc1CSC(=S)N1CCCC1. The fourth-order valence-electron chi connectivity index (χ4n) is 1.65. The molecule has 0 unspecified atom stereocenters. The van der Waals surface area contributed by atoms with Gasteiger partial charge in [-0.1, -0.05) is 24.0 Å². The second-order valence-electron chi connectivity index (χ2n) is 3.70. The highest BCUT2D eigenvalue weighted by molar-refractivity contribution is 8.22. The van der Waals surface area contributed by atoms with Crippen molar-refractivity contribution < 1.29 is 0 Å². The molecule has 0 bridgehead atoms. The van der Waals surface area contributed by atoms with Gasteiger partial charge in [-0.2, -0.15) is 0 Å². The van der Waals surface area contributed by atoms with Gasteiger partial charge in [0.15, 0.2) is 0 Å². The van der Waals surface area contributed by atoms with Crippen LogP contribution in [0.2, 0.25) is 0 Å². The van der Waals surface area contributed by atoms with Crippen LogP contribution in [0.5, 0.6) is 0 Å². The number of hydrogen-bond acceptors (Lipinski definition) is 3. The lowest BCUT2D eigenvalue weighted by atomic mass is 10.4. The van der Waals surface area contributed by atoms with Crippen LogP contribution in [-0.2, 0) is 12.8 Å². The Balaban J connectivity index is 1.83. The lowest BCUT2D eigenvalue weighted by Gasteiger charge is -2.17. The summed E-state index contributed by atoms with van der Waals surface area (Å²) in [6.07, 6.45) is 6.36. The second kappa shape index (κ2) is 4.99. The Labute approximate surface area is 99.9 Å². The molecule has 82 valence electrons. The number of imidazole rings is 1. The zero-order valence-electron chi connectivity index (χ0n) is 8.85. The predicted molar refractivity (Wildman–Crippen MR) is 67.9 cm³/mol. The standard InChI is InChI=1S/C10H15N3S2/c1-12-7-4-11-9(12)8-15-10(14)13-5-2-3-6-13/h4,7H,2-3,5-6,8H2,1H3. The van der Waals surface area contributed by atoms with Crippen molar-refractivity contribution in [2.45, 2.75) is 18.6 Å². The average molecular weight is 241 g/mol. The lowest BCUT2D eigenvalue weighted by Crippen LogP contribution is -2.23. The summed E-state index contributed by atoms with van der Waals surface area (Å²) in [6.45, 7) is 2.26. The highest BCUT2D eigenvalue weighted by Gasteiger charge is 2.15. The molecule has 2 heterocycles. The van der Waals surface area contributed by atoms with Crippen LogP contribution in [0.25, 0.3) is 0 Å². The minimum absolute atomic E-state index is 0.874. The molecular weight excluding hydrogens is 226 g/mol. The molecule has 1 aliphatic heterocycles. The first-order chi connectivity index (χ1) is 7.27. The van der Waals surface area contributed by atoms with Crippen molar-refractivity contribution in [3.8, 4) is 0 Å². The minimum Gasteiger partial charge on any atom is -0.358 e. The van der Waals surface area contributed by atoms with E-state index in [-0.39, 0.29) is 0 Å². The van der Waals surface area contributed by atoms with E-state index in [1.165, 1.54) is 12.8 Å². The summed E-state index contributed by atoms with van der Waals surface area (Å²) in [5.41, 5.74) is 0. The normalized spacial score (nSPS) is 15.9. The van der Waals surface area contributed by atoms with E-state index in [0.717, 1.165) is 29.0 Å². The average Bonchev–Trinajstić information content (AvgIpc) is 2.85. The van der Waals surface area contributed by atoms with Crippen LogP contribution in [0.4, 0.5) is 0 Å². The third kappa shape index (κ3) is 2.72. The van der Waals surface area contributed by atoms with E-state index in [0.29, 0.717) is 0 Å². The Morgan fingerprint density at radius 3 is 2.87 bits per heavy atom. The molecule has 3 nitrogen and oxygen atoms in total. The Morgan fingerprint density at radius 1 is 1.53 bits per heavy atom. The van der Waals surface area contributed by atoms with Gasteiger partial charge < -0.3 is 9.47 Å². The summed E-state index contributed by atoms with van der Waals surface area (Å²) < 4.78 is 3.06. The van der Waals surface area contributed by atoms with Crippen molar-refractivity contribution in [2.24, 2.45) is 7.05 Å². The Bertz CT molecular complexity index is 342. The zero-order chi connectivity index (χ0) is 10.7. The molecule has 5 heteroatoms. The van der Waals surface area contributed by atoms with Crippen LogP contribution in [0, 0.1) is 0 Å². The first-order valence-corrected chi connectivity index (χ1v) is 6.54. The molecule has 1 fully saturated rings. The maximum absolute atomic E-state index is 5.38. The maximum atomic E-state index is 5.38. The largest absolute Gasteiger partial charge is 0.358 e. The second-order valence-corrected chi connectivity index (χ2v) is 5.31. The zero-order valence-corrected chi connectivity index (χ0v) is 10.5. The van der Waals surface area contributed by atoms with Crippen molar-refractivity contribution >= 4 is 28.3 Å². The van der Waals surface area contributed by atoms with Gasteiger partial charge in [0.05, 0.1) is 5.75 Å². The highest BCUT2D eigenvalue weighted by atomic mass is 32.2. The molecule has 1 aromatic rings. The van der Waals surface area contributed by atoms with Gasteiger partial charge in [0.2, 0.25) is 0 Å². The molecule has 0 amide bonds. The Hall–Kier alpha value is -0.550. The summed E-state index contributed by atoms with van der Waals surface area (Å²) in [7, 11) is 2.02. The molecule has 0 aromatic carbocycles. The van der Waals surface area contributed by atoms with Crippen LogP contribution in [-0.4, -0.2) is 31.9 Å². The Morgan fingerprint density at radius 2 is 2.27 bits per heavy atom. The molecule has 1 saturated heterocycles. The number of nitrogens with zero attached hydrogens (tertiary/aromatic N) is 3. The van der Waals surface area contributed by atoms with Gasteiger partial charge in [0, 0.05) is 32.5 Å². The summed E-state index contributed by atoms with van der Waals surface area (Å²) in [5, 5.41) is 0. The van der Waals surface area contributed by atoms with E-state index in [2.05, 4.69) is 9.88 Å². The summed E-state index contributed by atoms with van der Waals surface area (Å²) >= 11 is 7.10. The van der Waals surface area contributed by atoms with E-state index < -0.39 is 0 Å². The molecule has 0 N–H and O–H groups in total. The van der Waals surface area contributed by atoms with E-state index >= 15 is 0 Å². The van der Waals surface area contributed by atoms with Gasteiger partial charge in [0.25, 0.3) is 0 Å². The molecule has 1 aliphatic rings. The first-order valence-electron chi connectivity index (χ1n) is 5.15. The smallest absolute Gasteiger partial charge is 0.136 e. The summed E-state index contributed by atoms with van der Waals surface area (Å²) in [6, 6.07) is 0. The molecule has 2 rings (SSSR count). The first kappa shape index (κ1) is 11.0. The number of likely N-dealkylation sites (tertiary alicyclic amines) is 1. The maximum Gasteiger partial charge on any atom is 0.136 e. The highest BCUT2D eigenvalue weighted by Crippen LogP contribution is 2.19.